The van der Waals surface area contributed by atoms with Crippen molar-refractivity contribution < 1.29 is 57.9 Å². The number of Topliss-reactive ketones (excluding diaryl/α,β-unsaturated/α-hetero) is 3. The summed E-state index contributed by atoms with van der Waals surface area (Å²) in [7, 11) is 5.21. The largest absolute Gasteiger partial charge is 0.492 e. The summed E-state index contributed by atoms with van der Waals surface area (Å²) < 4.78 is 27.4. The lowest BCUT2D eigenvalue weighted by molar-refractivity contribution is -0.131. The molecule has 1 heterocycles. The minimum Gasteiger partial charge on any atom is -0.492 e. The first kappa shape index (κ1) is 41.2. The first-order valence-corrected chi connectivity index (χ1v) is 15.9. The van der Waals surface area contributed by atoms with Crippen molar-refractivity contribution in [2.24, 2.45) is 17.6 Å². The van der Waals surface area contributed by atoms with Crippen LogP contribution in [0.25, 0.3) is 0 Å². The number of nitrogens with two attached hydrogens (primary N) is 1. The quantitative estimate of drug-likeness (QED) is 0.203. The highest BCUT2D eigenvalue weighted by molar-refractivity contribution is 6.27. The summed E-state index contributed by atoms with van der Waals surface area (Å²) in [5, 5.41) is 23.7. The number of hydrogen-bond acceptors (Lipinski definition) is 12. The number of allylic oxidation sites excluding steroid dienone is 4. The fourth-order valence-corrected chi connectivity index (χ4v) is 5.93. The fourth-order valence-electron chi connectivity index (χ4n) is 5.93. The van der Waals surface area contributed by atoms with Crippen molar-refractivity contribution in [2.45, 2.75) is 90.5 Å². The Kier molecular flexibility index (Phi) is 15.7. The minimum absolute atomic E-state index is 0.0168. The van der Waals surface area contributed by atoms with E-state index in [9.17, 15) is 34.2 Å². The van der Waals surface area contributed by atoms with Gasteiger partial charge in [-0.3, -0.25) is 19.2 Å². The van der Waals surface area contributed by atoms with Gasteiger partial charge in [0.15, 0.2) is 17.6 Å². The third kappa shape index (κ3) is 10.5. The van der Waals surface area contributed by atoms with Crippen LogP contribution in [-0.2, 0) is 42.9 Å². The summed E-state index contributed by atoms with van der Waals surface area (Å²) in [5.41, 5.74) is 5.06. The van der Waals surface area contributed by atoms with Gasteiger partial charge < -0.3 is 44.9 Å². The van der Waals surface area contributed by atoms with Crippen molar-refractivity contribution in [3.05, 3.63) is 58.1 Å². The molecule has 0 unspecified atom stereocenters. The average Bonchev–Trinajstić information content (AvgIpc) is 3.03. The maximum Gasteiger partial charge on any atom is 0.405 e. The van der Waals surface area contributed by atoms with Gasteiger partial charge in [0.2, 0.25) is 11.6 Å². The van der Waals surface area contributed by atoms with Crippen LogP contribution in [0.3, 0.4) is 0 Å². The highest BCUT2D eigenvalue weighted by Gasteiger charge is 2.43. The molecule has 0 radical (unpaired) electrons. The van der Waals surface area contributed by atoms with E-state index in [4.69, 9.17) is 29.4 Å². The third-order valence-corrected chi connectivity index (χ3v) is 8.43. The second-order valence-corrected chi connectivity index (χ2v) is 12.4. The molecular formula is C35H50N2O12. The highest BCUT2D eigenvalue weighted by atomic mass is 16.6. The molecule has 1 aliphatic carbocycles. The molecule has 2 bridgehead atoms. The molecule has 0 fully saturated rings. The van der Waals surface area contributed by atoms with Crippen LogP contribution in [0.1, 0.15) is 53.9 Å². The molecule has 0 aromatic carbocycles. The number of primary amides is 1. The summed E-state index contributed by atoms with van der Waals surface area (Å²) in [6.07, 6.45) is -1.41. The molecule has 0 saturated heterocycles. The summed E-state index contributed by atoms with van der Waals surface area (Å²) >= 11 is 0. The lowest BCUT2D eigenvalue weighted by Gasteiger charge is -2.30. The standard InChI is InChI=1S/C35H50N2O12/c1-17-13-22-29(41)27(26(30(42)32(22)47-8)33(48-9)23(39)16-21(5)38)37-34(43)18(2)11-10-12-24(45-6)31(49-35(36)44)20(4)15-19(3)28(40)25(14-17)46-7/h10-12,15,17,19,21,24-25,28,31,33,38,40H,13-14,16H2,1-9H3,(H2,36,44)(H,37,43)/b12-10+,18-11-,20-15-/t17-,19+,21-,24+,25+,28+,31-,33-/m1/s1. The Hall–Kier alpha value is -3.95. The first-order chi connectivity index (χ1) is 23.0. The average molecular weight is 691 g/mol. The summed E-state index contributed by atoms with van der Waals surface area (Å²) in [6.45, 7) is 8.10. The number of fused-ring (bicyclic) bond motifs is 2. The van der Waals surface area contributed by atoms with Crippen molar-refractivity contribution in [1.29, 1.82) is 0 Å². The Labute approximate surface area is 287 Å². The van der Waals surface area contributed by atoms with E-state index in [1.54, 1.807) is 26.8 Å². The number of rotatable bonds is 9. The van der Waals surface area contributed by atoms with E-state index in [0.717, 1.165) is 0 Å². The van der Waals surface area contributed by atoms with Crippen LogP contribution in [0.2, 0.25) is 0 Å². The SMILES string of the molecule is COC1=C2C[C@@H](C)C[C@H](OC)[C@@H](O)[C@@H](C)/C=C(/C)[C@@H](OC(N)=O)[C@@H](OC)/C=C/C=C(/C)C(=O)NC(=C([C@H](OC)C(=O)C[C@@H](C)O)C1=O)C2=O. The molecule has 2 amide bonds. The van der Waals surface area contributed by atoms with Crippen LogP contribution in [0.4, 0.5) is 4.79 Å². The van der Waals surface area contributed by atoms with Crippen molar-refractivity contribution in [3.63, 3.8) is 0 Å². The van der Waals surface area contributed by atoms with Gasteiger partial charge in [-0.25, -0.2) is 4.79 Å². The van der Waals surface area contributed by atoms with Crippen molar-refractivity contribution in [3.8, 4) is 0 Å². The van der Waals surface area contributed by atoms with Gasteiger partial charge in [0.1, 0.15) is 12.2 Å². The number of methoxy groups -OCH3 is 4. The second kappa shape index (κ2) is 18.7. The fraction of sp³-hybridized carbons (Fsp3) is 0.571. The summed E-state index contributed by atoms with van der Waals surface area (Å²) in [6, 6.07) is 0. The molecular weight excluding hydrogens is 640 g/mol. The van der Waals surface area contributed by atoms with Crippen LogP contribution in [0.15, 0.2) is 58.1 Å². The van der Waals surface area contributed by atoms with Gasteiger partial charge in [0.05, 0.1) is 36.7 Å². The Bertz CT molecular complexity index is 1420. The Morgan fingerprint density at radius 3 is 2.24 bits per heavy atom. The lowest BCUT2D eigenvalue weighted by atomic mass is 9.82. The van der Waals surface area contributed by atoms with E-state index >= 15 is 0 Å². The molecule has 272 valence electrons. The zero-order valence-corrected chi connectivity index (χ0v) is 29.6. The van der Waals surface area contributed by atoms with Crippen molar-refractivity contribution in [1.82, 2.24) is 5.32 Å². The molecule has 0 aromatic heterocycles. The Morgan fingerprint density at radius 1 is 1.06 bits per heavy atom. The number of ether oxygens (including phenoxy) is 5. The first-order valence-electron chi connectivity index (χ1n) is 15.9. The maximum atomic E-state index is 14.2. The molecule has 0 spiro atoms. The van der Waals surface area contributed by atoms with E-state index in [1.165, 1.54) is 60.5 Å². The smallest absolute Gasteiger partial charge is 0.405 e. The maximum absolute atomic E-state index is 14.2. The van der Waals surface area contributed by atoms with Crippen LogP contribution >= 0.6 is 0 Å². The second-order valence-electron chi connectivity index (χ2n) is 12.4. The molecule has 5 N–H and O–H groups in total. The summed E-state index contributed by atoms with van der Waals surface area (Å²) in [5.74, 6) is -4.26. The highest BCUT2D eigenvalue weighted by Crippen LogP contribution is 2.33. The zero-order chi connectivity index (χ0) is 37.2. The van der Waals surface area contributed by atoms with Gasteiger partial charge in [-0.05, 0) is 45.1 Å². The van der Waals surface area contributed by atoms with E-state index in [1.807, 2.05) is 0 Å². The van der Waals surface area contributed by atoms with Crippen LogP contribution < -0.4 is 11.1 Å². The number of nitrogens with one attached hydrogen (secondary N) is 1. The van der Waals surface area contributed by atoms with Crippen LogP contribution in [-0.4, -0.2) is 105 Å². The topological polar surface area (TPSA) is 210 Å². The Balaban J connectivity index is 2.83. The molecule has 0 aromatic rings. The molecule has 49 heavy (non-hydrogen) atoms. The lowest BCUT2D eigenvalue weighted by Crippen LogP contribution is -2.42. The van der Waals surface area contributed by atoms with E-state index < -0.39 is 83.2 Å². The number of aliphatic hydroxyl groups excluding tert-OH is 2. The molecule has 14 nitrogen and oxygen atoms in total. The van der Waals surface area contributed by atoms with Gasteiger partial charge in [-0.15, -0.1) is 0 Å². The zero-order valence-electron chi connectivity index (χ0n) is 29.6. The number of amides is 2. The van der Waals surface area contributed by atoms with Crippen molar-refractivity contribution in [2.75, 3.05) is 28.4 Å². The van der Waals surface area contributed by atoms with Gasteiger partial charge in [0, 0.05) is 44.8 Å². The molecule has 8 atom stereocenters. The predicted molar refractivity (Wildman–Crippen MR) is 178 cm³/mol. The summed E-state index contributed by atoms with van der Waals surface area (Å²) in [4.78, 5) is 66.7. The van der Waals surface area contributed by atoms with E-state index in [2.05, 4.69) is 5.32 Å². The van der Waals surface area contributed by atoms with Gasteiger partial charge >= 0.3 is 6.09 Å². The number of carbonyl (C=O) groups excluding carboxylic acids is 5. The van der Waals surface area contributed by atoms with Gasteiger partial charge in [-0.1, -0.05) is 38.2 Å². The minimum atomic E-state index is -1.61. The molecule has 0 saturated carbocycles. The van der Waals surface area contributed by atoms with Crippen LogP contribution in [0, 0.1) is 11.8 Å². The number of carbonyl (C=O) groups is 5. The third-order valence-electron chi connectivity index (χ3n) is 8.43. The number of hydrogen-bond donors (Lipinski definition) is 4. The van der Waals surface area contributed by atoms with Gasteiger partial charge in [0.25, 0.3) is 5.91 Å². The monoisotopic (exact) mass is 690 g/mol. The number of ketones is 3. The molecule has 1 aliphatic heterocycles. The van der Waals surface area contributed by atoms with Crippen LogP contribution in [0.5, 0.6) is 0 Å². The molecule has 2 aliphatic rings. The Morgan fingerprint density at radius 2 is 1.71 bits per heavy atom. The number of aliphatic hydroxyl groups is 2. The molecule has 2 rings (SSSR count). The van der Waals surface area contributed by atoms with Crippen molar-refractivity contribution >= 4 is 29.4 Å². The normalized spacial score (nSPS) is 30.4. The van der Waals surface area contributed by atoms with E-state index in [-0.39, 0.29) is 42.1 Å². The van der Waals surface area contributed by atoms with Gasteiger partial charge in [-0.2, -0.15) is 0 Å². The predicted octanol–water partition coefficient (Wildman–Crippen LogP) is 2.13. The molecule has 14 heteroatoms. The van der Waals surface area contributed by atoms with E-state index in [0.29, 0.717) is 5.57 Å².